The fourth-order valence-corrected chi connectivity index (χ4v) is 2.00. The van der Waals surface area contributed by atoms with E-state index in [0.717, 1.165) is 6.54 Å². The van der Waals surface area contributed by atoms with Gasteiger partial charge >= 0.3 is 5.97 Å². The van der Waals surface area contributed by atoms with Gasteiger partial charge in [0.1, 0.15) is 0 Å². The second-order valence-corrected chi connectivity index (χ2v) is 5.07. The molecule has 1 heterocycles. The number of carbonyl (C=O) groups is 1. The van der Waals surface area contributed by atoms with Crippen molar-refractivity contribution >= 4 is 5.97 Å². The monoisotopic (exact) mass is 243 g/mol. The topological polar surface area (TPSA) is 70.0 Å². The van der Waals surface area contributed by atoms with Crippen LogP contribution in [0.3, 0.4) is 0 Å². The molecule has 1 fully saturated rings. The van der Waals surface area contributed by atoms with E-state index in [1.165, 1.54) is 0 Å². The highest BCUT2D eigenvalue weighted by Crippen LogP contribution is 2.20. The molecule has 98 valence electrons. The zero-order chi connectivity index (χ0) is 13.1. The van der Waals surface area contributed by atoms with Crippen molar-refractivity contribution in [2.75, 3.05) is 26.2 Å². The highest BCUT2D eigenvalue weighted by atomic mass is 16.5. The van der Waals surface area contributed by atoms with E-state index in [1.807, 2.05) is 13.8 Å². The summed E-state index contributed by atoms with van der Waals surface area (Å²) in [5, 5.41) is 17.9. The van der Waals surface area contributed by atoms with Gasteiger partial charge in [-0.3, -0.25) is 4.90 Å². The van der Waals surface area contributed by atoms with Gasteiger partial charge in [-0.2, -0.15) is 0 Å². The van der Waals surface area contributed by atoms with E-state index < -0.39 is 5.97 Å². The van der Waals surface area contributed by atoms with Crippen LogP contribution in [0.4, 0.5) is 0 Å². The zero-order valence-corrected chi connectivity index (χ0v) is 10.6. The Morgan fingerprint density at radius 3 is 2.76 bits per heavy atom. The van der Waals surface area contributed by atoms with Crippen LogP contribution in [-0.2, 0) is 9.53 Å². The summed E-state index contributed by atoms with van der Waals surface area (Å²) in [6.07, 6.45) is 1.50. The maximum Gasteiger partial charge on any atom is 0.330 e. The number of hydrogen-bond acceptors (Lipinski definition) is 4. The van der Waals surface area contributed by atoms with E-state index in [-0.39, 0.29) is 18.3 Å². The molecule has 0 aliphatic carbocycles. The maximum absolute atomic E-state index is 10.7. The first-order valence-electron chi connectivity index (χ1n) is 5.75. The molecule has 0 bridgehead atoms. The maximum atomic E-state index is 10.7. The summed E-state index contributed by atoms with van der Waals surface area (Å²) in [6.45, 7) is 7.43. The number of aliphatic carboxylic acids is 1. The fourth-order valence-electron chi connectivity index (χ4n) is 2.00. The standard InChI is InChI=1S/C12H21NO4/c1-9(11(15)16)4-5-13-6-10(7-14)17-12(2,3)8-13/h4,10,14H,5-8H2,1-3H3,(H,15,16). The van der Waals surface area contributed by atoms with E-state index >= 15 is 0 Å². The highest BCUT2D eigenvalue weighted by Gasteiger charge is 2.32. The Kier molecular flexibility index (Phi) is 4.68. The Balaban J connectivity index is 2.59. The lowest BCUT2D eigenvalue weighted by Crippen LogP contribution is -2.53. The van der Waals surface area contributed by atoms with Gasteiger partial charge in [0.25, 0.3) is 0 Å². The normalized spacial score (nSPS) is 25.9. The Morgan fingerprint density at radius 1 is 1.59 bits per heavy atom. The second kappa shape index (κ2) is 5.62. The average Bonchev–Trinajstić information content (AvgIpc) is 2.23. The average molecular weight is 243 g/mol. The number of carboxylic acid groups (broad SMARTS) is 1. The highest BCUT2D eigenvalue weighted by molar-refractivity contribution is 5.85. The van der Waals surface area contributed by atoms with Crippen LogP contribution in [0.5, 0.6) is 0 Å². The van der Waals surface area contributed by atoms with Gasteiger partial charge in [-0.05, 0) is 20.8 Å². The van der Waals surface area contributed by atoms with Crippen LogP contribution >= 0.6 is 0 Å². The van der Waals surface area contributed by atoms with Crippen molar-refractivity contribution in [3.8, 4) is 0 Å². The predicted molar refractivity (Wildman–Crippen MR) is 63.9 cm³/mol. The van der Waals surface area contributed by atoms with Gasteiger partial charge in [0.15, 0.2) is 0 Å². The lowest BCUT2D eigenvalue weighted by molar-refractivity contribution is -0.146. The van der Waals surface area contributed by atoms with E-state index in [1.54, 1.807) is 13.0 Å². The first-order valence-corrected chi connectivity index (χ1v) is 5.75. The van der Waals surface area contributed by atoms with Gasteiger partial charge in [-0.25, -0.2) is 4.79 Å². The van der Waals surface area contributed by atoms with E-state index in [2.05, 4.69) is 4.90 Å². The molecule has 0 saturated carbocycles. The van der Waals surface area contributed by atoms with Crippen molar-refractivity contribution in [2.24, 2.45) is 0 Å². The number of hydrogen-bond donors (Lipinski definition) is 2. The van der Waals surface area contributed by atoms with Gasteiger partial charge in [-0.15, -0.1) is 0 Å². The third kappa shape index (κ3) is 4.46. The van der Waals surface area contributed by atoms with E-state index in [9.17, 15) is 4.79 Å². The molecule has 1 atom stereocenters. The summed E-state index contributed by atoms with van der Waals surface area (Å²) < 4.78 is 5.68. The number of aliphatic hydroxyl groups excluding tert-OH is 1. The van der Waals surface area contributed by atoms with Gasteiger partial charge in [0, 0.05) is 25.2 Å². The molecule has 1 rings (SSSR count). The molecule has 5 heteroatoms. The fraction of sp³-hybridized carbons (Fsp3) is 0.750. The van der Waals surface area contributed by atoms with Crippen LogP contribution in [0.25, 0.3) is 0 Å². The van der Waals surface area contributed by atoms with Crippen LogP contribution < -0.4 is 0 Å². The molecule has 0 amide bonds. The number of aliphatic hydroxyl groups is 1. The van der Waals surface area contributed by atoms with Crippen LogP contribution in [0.15, 0.2) is 11.6 Å². The molecule has 1 aliphatic heterocycles. The molecular weight excluding hydrogens is 222 g/mol. The molecule has 17 heavy (non-hydrogen) atoms. The third-order valence-electron chi connectivity index (χ3n) is 2.75. The molecule has 0 aromatic rings. The van der Waals surface area contributed by atoms with Crippen molar-refractivity contribution < 1.29 is 19.7 Å². The van der Waals surface area contributed by atoms with Gasteiger partial charge < -0.3 is 14.9 Å². The predicted octanol–water partition coefficient (Wildman–Crippen LogP) is 0.489. The summed E-state index contributed by atoms with van der Waals surface area (Å²) >= 11 is 0. The van der Waals surface area contributed by atoms with Crippen molar-refractivity contribution in [2.45, 2.75) is 32.5 Å². The number of morpholine rings is 1. The Bertz CT molecular complexity index is 312. The smallest absolute Gasteiger partial charge is 0.330 e. The lowest BCUT2D eigenvalue weighted by Gasteiger charge is -2.42. The number of carboxylic acids is 1. The molecule has 0 radical (unpaired) electrons. The van der Waals surface area contributed by atoms with Crippen molar-refractivity contribution in [1.82, 2.24) is 4.90 Å². The first-order chi connectivity index (χ1) is 7.84. The molecule has 1 saturated heterocycles. The van der Waals surface area contributed by atoms with Crippen LogP contribution in [0.2, 0.25) is 0 Å². The van der Waals surface area contributed by atoms with Crippen molar-refractivity contribution in [1.29, 1.82) is 0 Å². The van der Waals surface area contributed by atoms with Crippen LogP contribution in [0, 0.1) is 0 Å². The Morgan fingerprint density at radius 2 is 2.24 bits per heavy atom. The Labute approximate surface area is 102 Å². The SMILES string of the molecule is CC(=CCN1CC(CO)OC(C)(C)C1)C(=O)O. The summed E-state index contributed by atoms with van der Waals surface area (Å²) in [4.78, 5) is 12.8. The van der Waals surface area contributed by atoms with Crippen LogP contribution in [-0.4, -0.2) is 59.0 Å². The molecule has 1 aliphatic rings. The van der Waals surface area contributed by atoms with Gasteiger partial charge in [0.05, 0.1) is 18.3 Å². The summed E-state index contributed by atoms with van der Waals surface area (Å²) in [5.74, 6) is -0.892. The lowest BCUT2D eigenvalue weighted by atomic mass is 10.1. The van der Waals surface area contributed by atoms with E-state index in [4.69, 9.17) is 14.9 Å². The molecule has 5 nitrogen and oxygen atoms in total. The minimum absolute atomic E-state index is 0.0123. The zero-order valence-electron chi connectivity index (χ0n) is 10.6. The number of ether oxygens (including phenoxy) is 1. The van der Waals surface area contributed by atoms with Gasteiger partial charge in [0.2, 0.25) is 0 Å². The molecule has 0 aromatic heterocycles. The summed E-state index contributed by atoms with van der Waals surface area (Å²) in [6, 6.07) is 0. The largest absolute Gasteiger partial charge is 0.478 e. The summed E-state index contributed by atoms with van der Waals surface area (Å²) in [7, 11) is 0. The third-order valence-corrected chi connectivity index (χ3v) is 2.75. The molecule has 1 unspecified atom stereocenters. The molecule has 0 spiro atoms. The minimum Gasteiger partial charge on any atom is -0.478 e. The summed E-state index contributed by atoms with van der Waals surface area (Å²) in [5.41, 5.74) is 0.0335. The molecule has 2 N–H and O–H groups in total. The molecular formula is C12H21NO4. The Hall–Kier alpha value is -0.910. The van der Waals surface area contributed by atoms with Crippen molar-refractivity contribution in [3.05, 3.63) is 11.6 Å². The quantitative estimate of drug-likeness (QED) is 0.703. The number of nitrogens with zero attached hydrogens (tertiary/aromatic N) is 1. The minimum atomic E-state index is -0.892. The van der Waals surface area contributed by atoms with Crippen LogP contribution in [0.1, 0.15) is 20.8 Å². The number of rotatable bonds is 4. The second-order valence-electron chi connectivity index (χ2n) is 5.07. The van der Waals surface area contributed by atoms with Gasteiger partial charge in [-0.1, -0.05) is 6.08 Å². The van der Waals surface area contributed by atoms with E-state index in [0.29, 0.717) is 18.7 Å². The van der Waals surface area contributed by atoms with Crippen molar-refractivity contribution in [3.63, 3.8) is 0 Å². The first kappa shape index (κ1) is 14.2. The molecule has 0 aromatic carbocycles.